The van der Waals surface area contributed by atoms with Gasteiger partial charge in [-0.3, -0.25) is 14.5 Å². The average molecular weight is 499 g/mol. The van der Waals surface area contributed by atoms with Gasteiger partial charge in [-0.05, 0) is 43.4 Å². The van der Waals surface area contributed by atoms with E-state index >= 15 is 0 Å². The highest BCUT2D eigenvalue weighted by molar-refractivity contribution is 5.95. The molecule has 5 aromatic rings. The predicted molar refractivity (Wildman–Crippen MR) is 145 cm³/mol. The Bertz CT molecular complexity index is 1620. The third-order valence-electron chi connectivity index (χ3n) is 7.33. The molecular weight excluding hydrogens is 472 g/mol. The second-order valence-electron chi connectivity index (χ2n) is 9.39. The molecule has 36 heavy (non-hydrogen) atoms. The topological polar surface area (TPSA) is 86.9 Å². The number of rotatable bonds is 4. The van der Waals surface area contributed by atoms with Crippen molar-refractivity contribution >= 4 is 23.4 Å². The van der Waals surface area contributed by atoms with Gasteiger partial charge in [0.05, 0.1) is 17.1 Å². The van der Waals surface area contributed by atoms with Gasteiger partial charge < -0.3 is 10.2 Å². The lowest BCUT2D eigenvalue weighted by Crippen LogP contribution is -2.43. The molecule has 7 heteroatoms. The highest BCUT2D eigenvalue weighted by Gasteiger charge is 2.34. The molecule has 0 unspecified atom stereocenters. The van der Waals surface area contributed by atoms with Crippen molar-refractivity contribution in [2.75, 3.05) is 0 Å². The summed E-state index contributed by atoms with van der Waals surface area (Å²) in [4.78, 5) is 18.6. The zero-order valence-corrected chi connectivity index (χ0v) is 21.0. The first kappa shape index (κ1) is 24.0. The molecule has 2 N–H and O–H groups in total. The third-order valence-corrected chi connectivity index (χ3v) is 7.33. The summed E-state index contributed by atoms with van der Waals surface area (Å²) in [5.74, 6) is 0.526. The molecule has 0 saturated heterocycles. The van der Waals surface area contributed by atoms with E-state index in [1.165, 1.54) is 0 Å². The molecule has 0 amide bonds. The molecule has 0 radical (unpaired) electrons. The summed E-state index contributed by atoms with van der Waals surface area (Å²) in [5, 5.41) is 4.85. The number of hydrogen-bond acceptors (Lipinski definition) is 5. The summed E-state index contributed by atoms with van der Waals surface area (Å²) in [7, 11) is 1.88. The lowest BCUT2D eigenvalue weighted by molar-refractivity contribution is 0.253. The van der Waals surface area contributed by atoms with Crippen LogP contribution in [0.1, 0.15) is 30.5 Å². The quantitative estimate of drug-likeness (QED) is 0.329. The highest BCUT2D eigenvalue weighted by atomic mass is 35.5. The summed E-state index contributed by atoms with van der Waals surface area (Å²) in [5.41, 5.74) is 12.3. The Hall–Kier alpha value is -3.74. The maximum Gasteiger partial charge on any atom is 0.201 e. The molecule has 0 aliphatic heterocycles. The number of aromatic nitrogens is 3. The van der Waals surface area contributed by atoms with E-state index in [0.717, 1.165) is 47.2 Å². The zero-order valence-electron chi connectivity index (χ0n) is 20.2. The van der Waals surface area contributed by atoms with Gasteiger partial charge in [-0.25, -0.2) is 0 Å². The SMILES string of the molecule is Cc1c(-c2nccc3c(=O)c(-c4ccc(C5(N)CCC5)cc4)c(-c4ccccc4)oc23)cnn1C.Cl. The Balaban J connectivity index is 0.00000267. The van der Waals surface area contributed by atoms with Crippen LogP contribution in [0.15, 0.2) is 82.3 Å². The van der Waals surface area contributed by atoms with Crippen molar-refractivity contribution in [3.63, 3.8) is 0 Å². The van der Waals surface area contributed by atoms with E-state index in [4.69, 9.17) is 10.2 Å². The molecule has 2 aromatic carbocycles. The van der Waals surface area contributed by atoms with E-state index in [9.17, 15) is 4.79 Å². The minimum atomic E-state index is -0.253. The van der Waals surface area contributed by atoms with Crippen LogP contribution in [0.3, 0.4) is 0 Å². The van der Waals surface area contributed by atoms with Crippen LogP contribution < -0.4 is 11.2 Å². The van der Waals surface area contributed by atoms with E-state index in [0.29, 0.717) is 28.0 Å². The van der Waals surface area contributed by atoms with Crippen LogP contribution in [-0.2, 0) is 12.6 Å². The van der Waals surface area contributed by atoms with Crippen LogP contribution in [0.2, 0.25) is 0 Å². The van der Waals surface area contributed by atoms with Crippen molar-refractivity contribution in [3.05, 3.63) is 94.5 Å². The Labute approximate surface area is 215 Å². The molecule has 3 heterocycles. The molecule has 1 aliphatic carbocycles. The van der Waals surface area contributed by atoms with Gasteiger partial charge in [0.1, 0.15) is 11.5 Å². The van der Waals surface area contributed by atoms with Crippen LogP contribution in [0.4, 0.5) is 0 Å². The fourth-order valence-electron chi connectivity index (χ4n) is 4.91. The Morgan fingerprint density at radius 3 is 2.33 bits per heavy atom. The Morgan fingerprint density at radius 2 is 1.72 bits per heavy atom. The fraction of sp³-hybridized carbons (Fsp3) is 0.207. The van der Waals surface area contributed by atoms with E-state index < -0.39 is 0 Å². The molecule has 0 bridgehead atoms. The smallest absolute Gasteiger partial charge is 0.201 e. The number of aryl methyl sites for hydroxylation is 1. The Morgan fingerprint density at radius 1 is 1.00 bits per heavy atom. The molecule has 1 saturated carbocycles. The van der Waals surface area contributed by atoms with Crippen LogP contribution >= 0.6 is 12.4 Å². The number of halogens is 1. The number of pyridine rings is 1. The molecule has 0 atom stereocenters. The van der Waals surface area contributed by atoms with Crippen molar-refractivity contribution in [1.82, 2.24) is 14.8 Å². The number of fused-ring (bicyclic) bond motifs is 1. The first-order chi connectivity index (χ1) is 17.0. The molecule has 0 spiro atoms. The number of nitrogens with two attached hydrogens (primary N) is 1. The fourth-order valence-corrected chi connectivity index (χ4v) is 4.91. The monoisotopic (exact) mass is 498 g/mol. The molecule has 1 fully saturated rings. The van der Waals surface area contributed by atoms with Gasteiger partial charge in [0, 0.05) is 35.6 Å². The van der Waals surface area contributed by atoms with Gasteiger partial charge in [0.15, 0.2) is 5.58 Å². The van der Waals surface area contributed by atoms with Crippen LogP contribution in [0.25, 0.3) is 44.7 Å². The molecule has 6 rings (SSSR count). The largest absolute Gasteiger partial charge is 0.453 e. The van der Waals surface area contributed by atoms with Gasteiger partial charge in [-0.2, -0.15) is 5.10 Å². The first-order valence-electron chi connectivity index (χ1n) is 11.9. The number of benzene rings is 2. The summed E-state index contributed by atoms with van der Waals surface area (Å²) in [6, 6.07) is 19.5. The highest BCUT2D eigenvalue weighted by Crippen LogP contribution is 2.40. The van der Waals surface area contributed by atoms with E-state index in [-0.39, 0.29) is 23.4 Å². The first-order valence-corrected chi connectivity index (χ1v) is 11.9. The van der Waals surface area contributed by atoms with Crippen molar-refractivity contribution in [3.8, 4) is 33.7 Å². The Kier molecular flexibility index (Phi) is 6.02. The molecular formula is C29H27ClN4O2. The van der Waals surface area contributed by atoms with Crippen molar-refractivity contribution in [2.45, 2.75) is 31.7 Å². The van der Waals surface area contributed by atoms with Gasteiger partial charge in [0.2, 0.25) is 5.43 Å². The van der Waals surface area contributed by atoms with Crippen LogP contribution in [0, 0.1) is 6.92 Å². The maximum absolute atomic E-state index is 14.0. The minimum absolute atomic E-state index is 0. The van der Waals surface area contributed by atoms with Crippen LogP contribution in [0.5, 0.6) is 0 Å². The lowest BCUT2D eigenvalue weighted by Gasteiger charge is -2.38. The zero-order chi connectivity index (χ0) is 24.2. The second kappa shape index (κ2) is 9.04. The molecule has 3 aromatic heterocycles. The number of nitrogens with zero attached hydrogens (tertiary/aromatic N) is 3. The summed E-state index contributed by atoms with van der Waals surface area (Å²) in [6.45, 7) is 1.97. The van der Waals surface area contributed by atoms with E-state index in [1.54, 1.807) is 23.1 Å². The van der Waals surface area contributed by atoms with Crippen molar-refractivity contribution < 1.29 is 4.42 Å². The van der Waals surface area contributed by atoms with Crippen LogP contribution in [-0.4, -0.2) is 14.8 Å². The average Bonchev–Trinajstić information content (AvgIpc) is 3.20. The second-order valence-corrected chi connectivity index (χ2v) is 9.39. The van der Waals surface area contributed by atoms with E-state index in [1.807, 2.05) is 68.6 Å². The minimum Gasteiger partial charge on any atom is -0.453 e. The standard InChI is InChI=1S/C29H26N4O2.ClH/c1-18-23(17-32-33(18)2)25-28-22(13-16-31-25)26(34)24(27(35-28)20-7-4-3-5-8-20)19-9-11-21(12-10-19)29(30)14-6-15-29;/h3-5,7-13,16-17H,6,14-15,30H2,1-2H3;1H. The summed E-state index contributed by atoms with van der Waals surface area (Å²) in [6.07, 6.45) is 6.55. The molecule has 182 valence electrons. The normalized spacial score (nSPS) is 14.3. The van der Waals surface area contributed by atoms with E-state index in [2.05, 4.69) is 10.1 Å². The predicted octanol–water partition coefficient (Wildman–Crippen LogP) is 5.99. The van der Waals surface area contributed by atoms with Crippen molar-refractivity contribution in [2.24, 2.45) is 12.8 Å². The molecule has 1 aliphatic rings. The number of hydrogen-bond donors (Lipinski definition) is 1. The van der Waals surface area contributed by atoms with Gasteiger partial charge in [-0.15, -0.1) is 12.4 Å². The molecule has 6 nitrogen and oxygen atoms in total. The maximum atomic E-state index is 14.0. The van der Waals surface area contributed by atoms with Gasteiger partial charge in [0.25, 0.3) is 0 Å². The van der Waals surface area contributed by atoms with Crippen molar-refractivity contribution in [1.29, 1.82) is 0 Å². The lowest BCUT2D eigenvalue weighted by atomic mass is 9.72. The van der Waals surface area contributed by atoms with Gasteiger partial charge in [-0.1, -0.05) is 54.6 Å². The third kappa shape index (κ3) is 3.74. The van der Waals surface area contributed by atoms with Gasteiger partial charge >= 0.3 is 0 Å². The summed E-state index contributed by atoms with van der Waals surface area (Å²) < 4.78 is 8.36. The summed E-state index contributed by atoms with van der Waals surface area (Å²) >= 11 is 0.